The maximum atomic E-state index is 12.2. The van der Waals surface area contributed by atoms with Crippen molar-refractivity contribution in [3.8, 4) is 0 Å². The molecule has 0 radical (unpaired) electrons. The number of halogens is 1. The fourth-order valence-electron chi connectivity index (χ4n) is 2.03. The highest BCUT2D eigenvalue weighted by molar-refractivity contribution is 6.33. The average molecular weight is 255 g/mol. The van der Waals surface area contributed by atoms with Crippen molar-refractivity contribution in [3.63, 3.8) is 0 Å². The van der Waals surface area contributed by atoms with Gasteiger partial charge >= 0.3 is 0 Å². The van der Waals surface area contributed by atoms with Crippen molar-refractivity contribution < 1.29 is 9.90 Å². The number of nitrogens with zero attached hydrogens (tertiary/aromatic N) is 1. The molecule has 1 aromatic carbocycles. The molecule has 2 rings (SSSR count). The van der Waals surface area contributed by atoms with Crippen LogP contribution in [0.5, 0.6) is 0 Å². The van der Waals surface area contributed by atoms with Crippen molar-refractivity contribution >= 4 is 23.2 Å². The smallest absolute Gasteiger partial charge is 0.256 e. The van der Waals surface area contributed by atoms with Crippen LogP contribution in [0.2, 0.25) is 5.02 Å². The van der Waals surface area contributed by atoms with Crippen LogP contribution in [0.4, 0.5) is 5.69 Å². The molecule has 0 bridgehead atoms. The largest absolute Gasteiger partial charge is 0.397 e. The summed E-state index contributed by atoms with van der Waals surface area (Å²) in [5.74, 6) is -0.163. The van der Waals surface area contributed by atoms with Crippen molar-refractivity contribution in [2.75, 3.05) is 18.8 Å². The zero-order valence-electron chi connectivity index (χ0n) is 9.40. The molecule has 4 nitrogen and oxygen atoms in total. The van der Waals surface area contributed by atoms with Crippen molar-refractivity contribution in [1.29, 1.82) is 0 Å². The predicted molar refractivity (Wildman–Crippen MR) is 67.0 cm³/mol. The fraction of sp³-hybridized carbons (Fsp3) is 0.417. The SMILES string of the molecule is Nc1c(Cl)cccc1C(=O)N1CCCC(O)C1. The lowest BCUT2D eigenvalue weighted by Gasteiger charge is -2.30. The summed E-state index contributed by atoms with van der Waals surface area (Å²) in [5, 5.41) is 9.93. The number of aliphatic hydroxyl groups excluding tert-OH is 1. The fourth-order valence-corrected chi connectivity index (χ4v) is 2.21. The van der Waals surface area contributed by atoms with Gasteiger partial charge in [0.05, 0.1) is 22.4 Å². The monoisotopic (exact) mass is 254 g/mol. The summed E-state index contributed by atoms with van der Waals surface area (Å²) >= 11 is 5.88. The van der Waals surface area contributed by atoms with E-state index in [1.54, 1.807) is 23.1 Å². The lowest BCUT2D eigenvalue weighted by atomic mass is 10.1. The van der Waals surface area contributed by atoms with Crippen molar-refractivity contribution in [3.05, 3.63) is 28.8 Å². The second-order valence-electron chi connectivity index (χ2n) is 4.25. The van der Waals surface area contributed by atoms with Crippen LogP contribution >= 0.6 is 11.6 Å². The van der Waals surface area contributed by atoms with E-state index in [2.05, 4.69) is 0 Å². The Bertz CT molecular complexity index is 437. The summed E-state index contributed by atoms with van der Waals surface area (Å²) < 4.78 is 0. The normalized spacial score (nSPS) is 20.4. The van der Waals surface area contributed by atoms with Crippen LogP contribution in [0.1, 0.15) is 23.2 Å². The lowest BCUT2D eigenvalue weighted by molar-refractivity contribution is 0.0474. The van der Waals surface area contributed by atoms with Gasteiger partial charge in [0.15, 0.2) is 0 Å². The average Bonchev–Trinajstić information content (AvgIpc) is 2.32. The van der Waals surface area contributed by atoms with Gasteiger partial charge in [-0.05, 0) is 25.0 Å². The van der Waals surface area contributed by atoms with Gasteiger partial charge in [-0.15, -0.1) is 0 Å². The number of β-amino-alcohol motifs (C(OH)–C–C–N with tert-alkyl or cyclic N) is 1. The Kier molecular flexibility index (Phi) is 3.54. The number of para-hydroxylation sites is 1. The standard InChI is InChI=1S/C12H15ClN2O2/c13-10-5-1-4-9(11(10)14)12(17)15-6-2-3-8(16)7-15/h1,4-5,8,16H,2-3,6-7,14H2. The van der Waals surface area contributed by atoms with E-state index in [0.717, 1.165) is 12.8 Å². The minimum atomic E-state index is -0.437. The Hall–Kier alpha value is -1.26. The minimum Gasteiger partial charge on any atom is -0.397 e. The molecule has 1 heterocycles. The molecule has 0 saturated carbocycles. The maximum Gasteiger partial charge on any atom is 0.256 e. The Labute approximate surface area is 105 Å². The molecule has 1 amide bonds. The second-order valence-corrected chi connectivity index (χ2v) is 4.66. The second kappa shape index (κ2) is 4.94. The van der Waals surface area contributed by atoms with Crippen molar-refractivity contribution in [2.24, 2.45) is 0 Å². The molecule has 92 valence electrons. The minimum absolute atomic E-state index is 0.163. The maximum absolute atomic E-state index is 12.2. The van der Waals surface area contributed by atoms with E-state index in [1.807, 2.05) is 0 Å². The molecule has 1 fully saturated rings. The van der Waals surface area contributed by atoms with Gasteiger partial charge in [0.25, 0.3) is 5.91 Å². The van der Waals surface area contributed by atoms with Crippen LogP contribution in [-0.2, 0) is 0 Å². The first-order chi connectivity index (χ1) is 8.09. The predicted octanol–water partition coefficient (Wildman–Crippen LogP) is 1.52. The third kappa shape index (κ3) is 2.53. The zero-order chi connectivity index (χ0) is 12.4. The van der Waals surface area contributed by atoms with E-state index >= 15 is 0 Å². The summed E-state index contributed by atoms with van der Waals surface area (Å²) in [6, 6.07) is 5.01. The molecule has 1 aliphatic heterocycles. The number of benzene rings is 1. The van der Waals surface area contributed by atoms with E-state index < -0.39 is 6.10 Å². The number of piperidine rings is 1. The molecular weight excluding hydrogens is 240 g/mol. The van der Waals surface area contributed by atoms with Crippen LogP contribution in [0, 0.1) is 0 Å². The third-order valence-electron chi connectivity index (χ3n) is 2.97. The summed E-state index contributed by atoms with van der Waals surface area (Å²) in [6.07, 6.45) is 1.12. The number of rotatable bonds is 1. The Morgan fingerprint density at radius 3 is 3.00 bits per heavy atom. The van der Waals surface area contributed by atoms with Gasteiger partial charge in [-0.25, -0.2) is 0 Å². The van der Waals surface area contributed by atoms with Crippen LogP contribution in [-0.4, -0.2) is 35.1 Å². The summed E-state index contributed by atoms with van der Waals surface area (Å²) in [6.45, 7) is 1.02. The van der Waals surface area contributed by atoms with Gasteiger partial charge in [-0.2, -0.15) is 0 Å². The number of anilines is 1. The summed E-state index contributed by atoms with van der Waals surface area (Å²) in [4.78, 5) is 13.8. The van der Waals surface area contributed by atoms with Crippen LogP contribution in [0.3, 0.4) is 0 Å². The molecule has 0 aromatic heterocycles. The molecule has 0 spiro atoms. The van der Waals surface area contributed by atoms with E-state index in [0.29, 0.717) is 29.4 Å². The topological polar surface area (TPSA) is 66.6 Å². The first-order valence-electron chi connectivity index (χ1n) is 5.61. The Morgan fingerprint density at radius 2 is 2.29 bits per heavy atom. The number of hydrogen-bond acceptors (Lipinski definition) is 3. The van der Waals surface area contributed by atoms with E-state index in [9.17, 15) is 9.90 Å². The summed E-state index contributed by atoms with van der Waals surface area (Å²) in [7, 11) is 0. The van der Waals surface area contributed by atoms with Crippen LogP contribution in [0.15, 0.2) is 18.2 Å². The molecule has 0 aliphatic carbocycles. The molecule has 1 saturated heterocycles. The first-order valence-corrected chi connectivity index (χ1v) is 5.98. The van der Waals surface area contributed by atoms with Crippen LogP contribution in [0.25, 0.3) is 0 Å². The number of amides is 1. The van der Waals surface area contributed by atoms with E-state index in [-0.39, 0.29) is 5.91 Å². The first kappa shape index (κ1) is 12.2. The highest BCUT2D eigenvalue weighted by Gasteiger charge is 2.24. The number of likely N-dealkylation sites (tertiary alicyclic amines) is 1. The van der Waals surface area contributed by atoms with E-state index in [4.69, 9.17) is 17.3 Å². The third-order valence-corrected chi connectivity index (χ3v) is 3.30. The number of nitrogens with two attached hydrogens (primary N) is 1. The van der Waals surface area contributed by atoms with Gasteiger partial charge < -0.3 is 15.7 Å². The highest BCUT2D eigenvalue weighted by Crippen LogP contribution is 2.24. The lowest BCUT2D eigenvalue weighted by Crippen LogP contribution is -2.42. The number of aliphatic hydroxyl groups is 1. The molecule has 1 unspecified atom stereocenters. The number of carbonyl (C=O) groups excluding carboxylic acids is 1. The number of hydrogen-bond donors (Lipinski definition) is 2. The number of nitrogen functional groups attached to an aromatic ring is 1. The number of carbonyl (C=O) groups is 1. The zero-order valence-corrected chi connectivity index (χ0v) is 10.2. The van der Waals surface area contributed by atoms with Gasteiger partial charge in [-0.3, -0.25) is 4.79 Å². The molecular formula is C12H15ClN2O2. The Balaban J connectivity index is 2.22. The molecule has 3 N–H and O–H groups in total. The highest BCUT2D eigenvalue weighted by atomic mass is 35.5. The van der Waals surface area contributed by atoms with Gasteiger partial charge in [0.2, 0.25) is 0 Å². The quantitative estimate of drug-likeness (QED) is 0.747. The van der Waals surface area contributed by atoms with Crippen molar-refractivity contribution in [2.45, 2.75) is 18.9 Å². The summed E-state index contributed by atoms with van der Waals surface area (Å²) in [5.41, 5.74) is 6.50. The van der Waals surface area contributed by atoms with E-state index in [1.165, 1.54) is 0 Å². The van der Waals surface area contributed by atoms with Gasteiger partial charge in [0.1, 0.15) is 0 Å². The Morgan fingerprint density at radius 1 is 1.53 bits per heavy atom. The molecule has 1 aromatic rings. The molecule has 17 heavy (non-hydrogen) atoms. The van der Waals surface area contributed by atoms with Gasteiger partial charge in [-0.1, -0.05) is 17.7 Å². The van der Waals surface area contributed by atoms with Crippen LogP contribution < -0.4 is 5.73 Å². The van der Waals surface area contributed by atoms with Crippen molar-refractivity contribution in [1.82, 2.24) is 4.90 Å². The van der Waals surface area contributed by atoms with Gasteiger partial charge in [0, 0.05) is 13.1 Å². The molecule has 5 heteroatoms. The molecule has 1 aliphatic rings. The molecule has 1 atom stereocenters.